The second-order valence-electron chi connectivity index (χ2n) is 11.8. The molecule has 38 heavy (non-hydrogen) atoms. The van der Waals surface area contributed by atoms with Crippen molar-refractivity contribution in [3.05, 3.63) is 24.0 Å². The molecule has 1 aromatic rings. The Morgan fingerprint density at radius 2 is 1.71 bits per heavy atom. The number of hydrogen-bond donors (Lipinski definition) is 2. The smallest absolute Gasteiger partial charge is 0.306 e. The maximum atomic E-state index is 12.5. The van der Waals surface area contributed by atoms with E-state index in [4.69, 9.17) is 4.74 Å². The molecule has 208 valence electrons. The van der Waals surface area contributed by atoms with Crippen LogP contribution in [0, 0.1) is 11.8 Å². The number of pyridine rings is 1. The Kier molecular flexibility index (Phi) is 9.02. The van der Waals surface area contributed by atoms with E-state index in [0.717, 1.165) is 64.1 Å². The van der Waals surface area contributed by atoms with Crippen LogP contribution in [-0.2, 0) is 19.1 Å². The highest BCUT2D eigenvalue weighted by Crippen LogP contribution is 2.27. The first-order valence-electron chi connectivity index (χ1n) is 13.9. The molecule has 10 nitrogen and oxygen atoms in total. The van der Waals surface area contributed by atoms with Crippen LogP contribution in [0.2, 0.25) is 0 Å². The average Bonchev–Trinajstić information content (AvgIpc) is 2.86. The molecule has 0 aliphatic carbocycles. The number of esters is 1. The van der Waals surface area contributed by atoms with Gasteiger partial charge in [0.1, 0.15) is 17.3 Å². The molecule has 0 bridgehead atoms. The first-order valence-corrected chi connectivity index (χ1v) is 13.9. The standard InChI is InChI=1S/C28H41N5O5/c1-28(2,3)38-25(35)16-19-8-12-32(13-9-19)18-20-10-14-33(15-11-20)21-4-5-22(29-17-21)26(36)30-23-6-7-24(34)31-27(23)37/h4-5,17,19-20,23H,6-16,18H2,1-3H3,(H,30,36)(H,31,34,37). The molecule has 3 aliphatic rings. The van der Waals surface area contributed by atoms with E-state index in [1.54, 1.807) is 12.3 Å². The van der Waals surface area contributed by atoms with Crippen LogP contribution in [0.3, 0.4) is 0 Å². The summed E-state index contributed by atoms with van der Waals surface area (Å²) in [5.41, 5.74) is 0.823. The SMILES string of the molecule is CC(C)(C)OC(=O)CC1CCN(CC2CCN(c3ccc(C(=O)NC4CCC(=O)NC4=O)nc3)CC2)CC1. The number of aromatic nitrogens is 1. The van der Waals surface area contributed by atoms with Crippen molar-refractivity contribution in [2.75, 3.05) is 37.6 Å². The van der Waals surface area contributed by atoms with E-state index in [1.807, 2.05) is 26.8 Å². The molecule has 3 fully saturated rings. The molecule has 3 amide bonds. The number of likely N-dealkylation sites (tertiary alicyclic amines) is 1. The van der Waals surface area contributed by atoms with Crippen molar-refractivity contribution in [1.82, 2.24) is 20.5 Å². The Morgan fingerprint density at radius 3 is 2.32 bits per heavy atom. The fourth-order valence-electron chi connectivity index (χ4n) is 5.50. The quantitative estimate of drug-likeness (QED) is 0.409. The van der Waals surface area contributed by atoms with Gasteiger partial charge < -0.3 is 19.9 Å². The summed E-state index contributed by atoms with van der Waals surface area (Å²) in [7, 11) is 0. The number of ether oxygens (including phenoxy) is 1. The number of nitrogens with one attached hydrogen (secondary N) is 2. The highest BCUT2D eigenvalue weighted by molar-refractivity contribution is 6.03. The van der Waals surface area contributed by atoms with E-state index in [2.05, 4.69) is 25.4 Å². The highest BCUT2D eigenvalue weighted by atomic mass is 16.6. The molecule has 3 saturated heterocycles. The van der Waals surface area contributed by atoms with Crippen molar-refractivity contribution in [2.24, 2.45) is 11.8 Å². The normalized spacial score (nSPS) is 22.2. The van der Waals surface area contributed by atoms with E-state index in [-0.39, 0.29) is 24.0 Å². The van der Waals surface area contributed by atoms with Gasteiger partial charge in [0, 0.05) is 32.5 Å². The lowest BCUT2D eigenvalue weighted by Crippen LogP contribution is -2.52. The maximum Gasteiger partial charge on any atom is 0.306 e. The molecule has 1 atom stereocenters. The van der Waals surface area contributed by atoms with Gasteiger partial charge in [0.05, 0.1) is 11.9 Å². The van der Waals surface area contributed by atoms with Gasteiger partial charge in [0.2, 0.25) is 11.8 Å². The van der Waals surface area contributed by atoms with Crippen LogP contribution in [0.1, 0.15) is 76.2 Å². The van der Waals surface area contributed by atoms with Gasteiger partial charge in [0.25, 0.3) is 5.91 Å². The van der Waals surface area contributed by atoms with Gasteiger partial charge >= 0.3 is 5.97 Å². The van der Waals surface area contributed by atoms with Crippen LogP contribution >= 0.6 is 0 Å². The second-order valence-corrected chi connectivity index (χ2v) is 11.8. The van der Waals surface area contributed by atoms with Crippen LogP contribution in [0.5, 0.6) is 0 Å². The minimum absolute atomic E-state index is 0.0826. The average molecular weight is 528 g/mol. The van der Waals surface area contributed by atoms with Crippen molar-refractivity contribution >= 4 is 29.4 Å². The Morgan fingerprint density at radius 1 is 1.03 bits per heavy atom. The summed E-state index contributed by atoms with van der Waals surface area (Å²) < 4.78 is 5.49. The third-order valence-corrected chi connectivity index (χ3v) is 7.60. The molecule has 4 heterocycles. The summed E-state index contributed by atoms with van der Waals surface area (Å²) in [4.78, 5) is 57.0. The third kappa shape index (κ3) is 7.99. The monoisotopic (exact) mass is 527 g/mol. The van der Waals surface area contributed by atoms with Crippen molar-refractivity contribution in [2.45, 2.75) is 77.4 Å². The Balaban J connectivity index is 1.16. The molecule has 1 aromatic heterocycles. The summed E-state index contributed by atoms with van der Waals surface area (Å²) in [6.45, 7) is 10.8. The second kappa shape index (κ2) is 12.2. The van der Waals surface area contributed by atoms with Crippen molar-refractivity contribution in [3.63, 3.8) is 0 Å². The number of carbonyl (C=O) groups excluding carboxylic acids is 4. The van der Waals surface area contributed by atoms with Gasteiger partial charge in [0.15, 0.2) is 0 Å². The van der Waals surface area contributed by atoms with Crippen molar-refractivity contribution < 1.29 is 23.9 Å². The van der Waals surface area contributed by atoms with Crippen LogP contribution in [0.15, 0.2) is 18.3 Å². The zero-order valence-electron chi connectivity index (χ0n) is 22.8. The zero-order valence-corrected chi connectivity index (χ0v) is 22.8. The van der Waals surface area contributed by atoms with E-state index in [1.165, 1.54) is 0 Å². The Hall–Kier alpha value is -3.01. The summed E-state index contributed by atoms with van der Waals surface area (Å²) >= 11 is 0. The van der Waals surface area contributed by atoms with Crippen molar-refractivity contribution in [1.29, 1.82) is 0 Å². The zero-order chi connectivity index (χ0) is 27.3. The number of hydrogen-bond acceptors (Lipinski definition) is 8. The van der Waals surface area contributed by atoms with E-state index < -0.39 is 23.5 Å². The summed E-state index contributed by atoms with van der Waals surface area (Å²) in [5, 5.41) is 4.91. The van der Waals surface area contributed by atoms with Crippen LogP contribution in [0.25, 0.3) is 0 Å². The number of imide groups is 1. The Bertz CT molecular complexity index is 1010. The molecule has 4 rings (SSSR count). The van der Waals surface area contributed by atoms with E-state index in [0.29, 0.717) is 24.7 Å². The molecule has 1 unspecified atom stereocenters. The topological polar surface area (TPSA) is 121 Å². The van der Waals surface area contributed by atoms with Crippen LogP contribution in [0.4, 0.5) is 5.69 Å². The fourth-order valence-corrected chi connectivity index (χ4v) is 5.50. The molecular formula is C28H41N5O5. The first kappa shape index (κ1) is 28.0. The molecule has 0 radical (unpaired) electrons. The minimum atomic E-state index is -0.712. The number of rotatable bonds is 7. The van der Waals surface area contributed by atoms with Crippen molar-refractivity contribution in [3.8, 4) is 0 Å². The van der Waals surface area contributed by atoms with Gasteiger partial charge in [-0.05, 0) is 89.9 Å². The summed E-state index contributed by atoms with van der Waals surface area (Å²) in [5.74, 6) is -0.212. The maximum absolute atomic E-state index is 12.5. The minimum Gasteiger partial charge on any atom is -0.460 e. The number of nitrogens with zero attached hydrogens (tertiary/aromatic N) is 3. The predicted octanol–water partition coefficient (Wildman–Crippen LogP) is 2.28. The van der Waals surface area contributed by atoms with Gasteiger partial charge in [-0.25, -0.2) is 4.98 Å². The number of amides is 3. The van der Waals surface area contributed by atoms with Crippen LogP contribution < -0.4 is 15.5 Å². The van der Waals surface area contributed by atoms with Crippen LogP contribution in [-0.4, -0.2) is 77.9 Å². The molecule has 2 N–H and O–H groups in total. The third-order valence-electron chi connectivity index (χ3n) is 7.60. The highest BCUT2D eigenvalue weighted by Gasteiger charge is 2.29. The lowest BCUT2D eigenvalue weighted by molar-refractivity contribution is -0.156. The van der Waals surface area contributed by atoms with Gasteiger partial charge in [-0.2, -0.15) is 0 Å². The molecule has 0 spiro atoms. The predicted molar refractivity (Wildman–Crippen MR) is 142 cm³/mol. The lowest BCUT2D eigenvalue weighted by atomic mass is 9.91. The summed E-state index contributed by atoms with van der Waals surface area (Å²) in [6, 6.07) is 2.88. The van der Waals surface area contributed by atoms with E-state index >= 15 is 0 Å². The number of piperidine rings is 3. The van der Waals surface area contributed by atoms with Gasteiger partial charge in [-0.3, -0.25) is 24.5 Å². The number of carbonyl (C=O) groups is 4. The summed E-state index contributed by atoms with van der Waals surface area (Å²) in [6.07, 6.45) is 7.06. The molecule has 0 aromatic carbocycles. The Labute approximate surface area is 224 Å². The fraction of sp³-hybridized carbons (Fsp3) is 0.679. The molecule has 0 saturated carbocycles. The lowest BCUT2D eigenvalue weighted by Gasteiger charge is -2.38. The number of anilines is 1. The largest absolute Gasteiger partial charge is 0.460 e. The molecule has 10 heteroatoms. The molecule has 3 aliphatic heterocycles. The first-order chi connectivity index (χ1) is 18.1. The van der Waals surface area contributed by atoms with E-state index in [9.17, 15) is 19.2 Å². The van der Waals surface area contributed by atoms with Gasteiger partial charge in [-0.15, -0.1) is 0 Å². The molecular weight excluding hydrogens is 486 g/mol. The van der Waals surface area contributed by atoms with Gasteiger partial charge in [-0.1, -0.05) is 0 Å².